The lowest BCUT2D eigenvalue weighted by Gasteiger charge is -2.12. The summed E-state index contributed by atoms with van der Waals surface area (Å²) in [7, 11) is 1.70. The molecule has 0 bridgehead atoms. The van der Waals surface area contributed by atoms with Crippen molar-refractivity contribution in [3.05, 3.63) is 45.9 Å². The van der Waals surface area contributed by atoms with Crippen LogP contribution in [0.3, 0.4) is 0 Å². The number of fused-ring (bicyclic) bond motifs is 2. The van der Waals surface area contributed by atoms with E-state index >= 15 is 0 Å². The number of aryl methyl sites for hydroxylation is 2. The van der Waals surface area contributed by atoms with E-state index in [-0.39, 0.29) is 29.0 Å². The quantitative estimate of drug-likeness (QED) is 0.517. The van der Waals surface area contributed by atoms with E-state index in [2.05, 4.69) is 10.3 Å². The second-order valence-electron chi connectivity index (χ2n) is 6.89. The first-order chi connectivity index (χ1) is 13.0. The first kappa shape index (κ1) is 17.4. The summed E-state index contributed by atoms with van der Waals surface area (Å²) < 4.78 is 8.60. The Kier molecular flexibility index (Phi) is 4.27. The van der Waals surface area contributed by atoms with E-state index in [1.165, 1.54) is 10.5 Å². The van der Waals surface area contributed by atoms with Crippen LogP contribution in [0.25, 0.3) is 16.7 Å². The van der Waals surface area contributed by atoms with Crippen LogP contribution in [-0.2, 0) is 11.8 Å². The highest BCUT2D eigenvalue weighted by Gasteiger charge is 2.24. The second-order valence-corrected chi connectivity index (χ2v) is 6.89. The number of pyridine rings is 2. The maximum Gasteiger partial charge on any atom is 0.278 e. The Morgan fingerprint density at radius 2 is 2.33 bits per heavy atom. The number of nitrogens with zero attached hydrogens (tertiary/aromatic N) is 3. The van der Waals surface area contributed by atoms with E-state index in [4.69, 9.17) is 10.5 Å². The molecule has 0 unspecified atom stereocenters. The van der Waals surface area contributed by atoms with Crippen molar-refractivity contribution in [2.24, 2.45) is 7.05 Å². The molecule has 1 amide bonds. The van der Waals surface area contributed by atoms with Crippen molar-refractivity contribution in [2.45, 2.75) is 25.9 Å². The van der Waals surface area contributed by atoms with Crippen LogP contribution in [-0.4, -0.2) is 34.5 Å². The maximum absolute atomic E-state index is 13.0. The Hall–Kier alpha value is -3.00. The van der Waals surface area contributed by atoms with Crippen LogP contribution in [0.4, 0.5) is 5.82 Å². The molecule has 1 aliphatic rings. The van der Waals surface area contributed by atoms with Gasteiger partial charge in [0, 0.05) is 24.9 Å². The van der Waals surface area contributed by atoms with E-state index in [9.17, 15) is 9.59 Å². The molecule has 4 rings (SSSR count). The number of nitrogens with two attached hydrogens (primary N) is 1. The number of ether oxygens (including phenoxy) is 1. The largest absolute Gasteiger partial charge is 0.376 e. The molecule has 1 atom stereocenters. The molecule has 0 aliphatic carbocycles. The van der Waals surface area contributed by atoms with Gasteiger partial charge in [-0.2, -0.15) is 0 Å². The third-order valence-electron chi connectivity index (χ3n) is 5.07. The minimum Gasteiger partial charge on any atom is -0.376 e. The van der Waals surface area contributed by atoms with Gasteiger partial charge in [0.05, 0.1) is 13.2 Å². The van der Waals surface area contributed by atoms with Gasteiger partial charge in [-0.15, -0.1) is 0 Å². The third kappa shape index (κ3) is 2.91. The summed E-state index contributed by atoms with van der Waals surface area (Å²) in [4.78, 5) is 30.2. The maximum atomic E-state index is 13.0. The summed E-state index contributed by atoms with van der Waals surface area (Å²) in [6.45, 7) is 3.04. The van der Waals surface area contributed by atoms with Crippen molar-refractivity contribution in [2.75, 3.05) is 18.9 Å². The number of rotatable bonds is 3. The Morgan fingerprint density at radius 3 is 3.07 bits per heavy atom. The van der Waals surface area contributed by atoms with Gasteiger partial charge in [-0.25, -0.2) is 4.57 Å². The molecule has 8 nitrogen and oxygen atoms in total. The average Bonchev–Trinajstić information content (AvgIpc) is 3.18. The highest BCUT2D eigenvalue weighted by atomic mass is 16.5. The van der Waals surface area contributed by atoms with Gasteiger partial charge in [-0.3, -0.25) is 14.0 Å². The topological polar surface area (TPSA) is 103 Å². The molecule has 4 heterocycles. The van der Waals surface area contributed by atoms with E-state index in [0.717, 1.165) is 25.0 Å². The summed E-state index contributed by atoms with van der Waals surface area (Å²) >= 11 is 0. The lowest BCUT2D eigenvalue weighted by atomic mass is 10.1. The van der Waals surface area contributed by atoms with Crippen LogP contribution in [0, 0.1) is 6.92 Å². The summed E-state index contributed by atoms with van der Waals surface area (Å²) in [5.41, 5.74) is 8.11. The molecule has 3 aromatic rings. The molecule has 1 fully saturated rings. The Morgan fingerprint density at radius 1 is 1.52 bits per heavy atom. The summed E-state index contributed by atoms with van der Waals surface area (Å²) in [6, 6.07) is 5.22. The first-order valence-electron chi connectivity index (χ1n) is 8.97. The monoisotopic (exact) mass is 368 g/mol. The van der Waals surface area contributed by atoms with Crippen LogP contribution in [0.1, 0.15) is 28.8 Å². The number of nitrogens with one attached hydrogen (secondary N) is 1. The third-order valence-corrected chi connectivity index (χ3v) is 5.07. The van der Waals surface area contributed by atoms with Crippen LogP contribution < -0.4 is 21.2 Å². The van der Waals surface area contributed by atoms with Crippen LogP contribution in [0.15, 0.2) is 29.2 Å². The Balaban J connectivity index is 1.81. The number of hydrogen-bond acceptors (Lipinski definition) is 5. The van der Waals surface area contributed by atoms with Crippen molar-refractivity contribution < 1.29 is 14.1 Å². The van der Waals surface area contributed by atoms with Gasteiger partial charge in [0.15, 0.2) is 0 Å². The average molecular weight is 368 g/mol. The lowest BCUT2D eigenvalue weighted by molar-refractivity contribution is -0.632. The molecule has 1 saturated heterocycles. The molecule has 0 saturated carbocycles. The Labute approximate surface area is 155 Å². The van der Waals surface area contributed by atoms with Gasteiger partial charge in [0.25, 0.3) is 17.1 Å². The van der Waals surface area contributed by atoms with E-state index in [0.29, 0.717) is 23.2 Å². The highest BCUT2D eigenvalue weighted by molar-refractivity contribution is 6.00. The van der Waals surface area contributed by atoms with E-state index < -0.39 is 0 Å². The molecule has 1 aliphatic heterocycles. The smallest absolute Gasteiger partial charge is 0.278 e. The van der Waals surface area contributed by atoms with Crippen molar-refractivity contribution in [3.63, 3.8) is 0 Å². The summed E-state index contributed by atoms with van der Waals surface area (Å²) in [6.07, 6.45) is 3.63. The standard InChI is InChI=1S/C19H21N5O3/c1-11-5-3-7-24-16(11)22-17-14(19(24)26)9-13(15(20)23(17)2)18(25)21-10-12-6-4-8-27-12/h3,5,7,9,12,20H,4,6,8,10H2,1-2H3,(H,21,25)/p+1/t12-/m0/s1. The predicted octanol–water partition coefficient (Wildman–Crippen LogP) is 0.472. The first-order valence-corrected chi connectivity index (χ1v) is 8.97. The van der Waals surface area contributed by atoms with E-state index in [1.54, 1.807) is 23.9 Å². The number of anilines is 1. The van der Waals surface area contributed by atoms with Gasteiger partial charge in [0.1, 0.15) is 10.9 Å². The number of hydrogen-bond donors (Lipinski definition) is 2. The summed E-state index contributed by atoms with van der Waals surface area (Å²) in [5, 5.41) is 3.20. The molecule has 3 N–H and O–H groups in total. The molecule has 8 heteroatoms. The number of nitrogen functional groups attached to an aromatic ring is 1. The second kappa shape index (κ2) is 6.62. The van der Waals surface area contributed by atoms with Crippen molar-refractivity contribution in [1.29, 1.82) is 0 Å². The van der Waals surface area contributed by atoms with Crippen molar-refractivity contribution in [3.8, 4) is 0 Å². The fraction of sp³-hybridized carbons (Fsp3) is 0.368. The number of carbonyl (C=O) groups excluding carboxylic acids is 1. The lowest BCUT2D eigenvalue weighted by Crippen LogP contribution is -2.40. The van der Waals surface area contributed by atoms with Crippen LogP contribution >= 0.6 is 0 Å². The van der Waals surface area contributed by atoms with Gasteiger partial charge in [-0.1, -0.05) is 11.1 Å². The van der Waals surface area contributed by atoms with Gasteiger partial charge < -0.3 is 15.8 Å². The molecule has 0 aromatic carbocycles. The molecule has 27 heavy (non-hydrogen) atoms. The predicted molar refractivity (Wildman–Crippen MR) is 101 cm³/mol. The molecule has 0 spiro atoms. The fourth-order valence-electron chi connectivity index (χ4n) is 3.48. The normalized spacial score (nSPS) is 16.9. The van der Waals surface area contributed by atoms with Crippen molar-refractivity contribution in [1.82, 2.24) is 14.7 Å². The van der Waals surface area contributed by atoms with Gasteiger partial charge in [0.2, 0.25) is 11.5 Å². The molecule has 0 radical (unpaired) electrons. The highest BCUT2D eigenvalue weighted by Crippen LogP contribution is 2.16. The Bertz CT molecular complexity index is 1120. The minimum atomic E-state index is -0.325. The number of amides is 1. The molecular formula is C19H22N5O3+. The van der Waals surface area contributed by atoms with Gasteiger partial charge in [-0.05, 0) is 31.9 Å². The van der Waals surface area contributed by atoms with Crippen LogP contribution in [0.5, 0.6) is 0 Å². The zero-order valence-corrected chi connectivity index (χ0v) is 15.4. The molecule has 3 aromatic heterocycles. The van der Waals surface area contributed by atoms with Crippen LogP contribution in [0.2, 0.25) is 0 Å². The fourth-order valence-corrected chi connectivity index (χ4v) is 3.48. The van der Waals surface area contributed by atoms with Crippen molar-refractivity contribution >= 4 is 28.4 Å². The molecular weight excluding hydrogens is 346 g/mol. The van der Waals surface area contributed by atoms with E-state index in [1.807, 2.05) is 13.0 Å². The zero-order chi connectivity index (χ0) is 19.1. The number of aromatic nitrogens is 3. The van der Waals surface area contributed by atoms with Gasteiger partial charge >= 0.3 is 0 Å². The summed E-state index contributed by atoms with van der Waals surface area (Å²) in [5.74, 6) is -0.0635. The molecule has 140 valence electrons. The number of carbonyl (C=O) groups is 1. The zero-order valence-electron chi connectivity index (χ0n) is 15.4. The SMILES string of the molecule is Cc1cccn2c(=O)c3cc(C(=O)NC[C@@H]4CCCO4)c(N)[n+](C)c3nc12. The minimum absolute atomic E-state index is 0.0311.